The SMILES string of the molecule is O=C(NCc1cncc2c1CCN(C[C@@H]1CCOC1)C2)c1ccco1. The van der Waals surface area contributed by atoms with Crippen molar-refractivity contribution in [2.24, 2.45) is 5.92 Å². The third kappa shape index (κ3) is 3.75. The van der Waals surface area contributed by atoms with E-state index in [4.69, 9.17) is 9.15 Å². The Hall–Kier alpha value is -2.18. The van der Waals surface area contributed by atoms with Gasteiger partial charge in [0.2, 0.25) is 0 Å². The first kappa shape index (κ1) is 16.3. The lowest BCUT2D eigenvalue weighted by molar-refractivity contribution is 0.0923. The Morgan fingerprint density at radius 2 is 2.36 bits per heavy atom. The van der Waals surface area contributed by atoms with Gasteiger partial charge in [0, 0.05) is 45.2 Å². The monoisotopic (exact) mass is 341 g/mol. The van der Waals surface area contributed by atoms with Gasteiger partial charge in [0.05, 0.1) is 12.9 Å². The molecule has 0 unspecified atom stereocenters. The molecule has 6 nitrogen and oxygen atoms in total. The molecule has 1 fully saturated rings. The first-order chi connectivity index (χ1) is 12.3. The zero-order valence-corrected chi connectivity index (χ0v) is 14.2. The minimum atomic E-state index is -0.193. The van der Waals surface area contributed by atoms with E-state index < -0.39 is 0 Å². The van der Waals surface area contributed by atoms with Crippen LogP contribution in [-0.4, -0.2) is 42.1 Å². The highest BCUT2D eigenvalue weighted by atomic mass is 16.5. The first-order valence-electron chi connectivity index (χ1n) is 8.86. The number of hydrogen-bond donors (Lipinski definition) is 1. The molecule has 25 heavy (non-hydrogen) atoms. The molecule has 1 N–H and O–H groups in total. The normalized spacial score (nSPS) is 20.4. The lowest BCUT2D eigenvalue weighted by Gasteiger charge is -2.31. The van der Waals surface area contributed by atoms with E-state index in [1.165, 1.54) is 23.8 Å². The van der Waals surface area contributed by atoms with Crippen molar-refractivity contribution in [1.29, 1.82) is 0 Å². The van der Waals surface area contributed by atoms with E-state index in [1.807, 2.05) is 12.4 Å². The number of carbonyl (C=O) groups excluding carboxylic acids is 1. The molecule has 1 amide bonds. The number of nitrogens with one attached hydrogen (secondary N) is 1. The minimum absolute atomic E-state index is 0.193. The second-order valence-corrected chi connectivity index (χ2v) is 6.81. The first-order valence-corrected chi connectivity index (χ1v) is 8.86. The lowest BCUT2D eigenvalue weighted by atomic mass is 9.96. The Morgan fingerprint density at radius 1 is 1.40 bits per heavy atom. The highest BCUT2D eigenvalue weighted by molar-refractivity contribution is 5.91. The summed E-state index contributed by atoms with van der Waals surface area (Å²) in [6.45, 7) is 5.34. The number of hydrogen-bond acceptors (Lipinski definition) is 5. The van der Waals surface area contributed by atoms with Crippen molar-refractivity contribution in [3.05, 3.63) is 53.2 Å². The molecule has 1 saturated heterocycles. The van der Waals surface area contributed by atoms with Gasteiger partial charge in [-0.05, 0) is 47.6 Å². The average molecular weight is 341 g/mol. The quantitative estimate of drug-likeness (QED) is 0.901. The van der Waals surface area contributed by atoms with Crippen LogP contribution in [0.5, 0.6) is 0 Å². The molecular weight excluding hydrogens is 318 g/mol. The van der Waals surface area contributed by atoms with Crippen LogP contribution in [0, 0.1) is 5.92 Å². The predicted molar refractivity (Wildman–Crippen MR) is 92.0 cm³/mol. The molecule has 0 radical (unpaired) electrons. The van der Waals surface area contributed by atoms with Gasteiger partial charge in [0.1, 0.15) is 0 Å². The number of amides is 1. The summed E-state index contributed by atoms with van der Waals surface area (Å²) in [4.78, 5) is 18.9. The van der Waals surface area contributed by atoms with E-state index in [0.29, 0.717) is 18.2 Å². The van der Waals surface area contributed by atoms with Crippen molar-refractivity contribution in [2.75, 3.05) is 26.3 Å². The van der Waals surface area contributed by atoms with Gasteiger partial charge < -0.3 is 14.5 Å². The van der Waals surface area contributed by atoms with E-state index in [9.17, 15) is 4.79 Å². The standard InChI is InChI=1S/C19H23N3O3/c23-19(18-2-1-6-25-18)21-10-15-8-20-9-16-12-22(5-3-17(15)16)11-14-4-7-24-13-14/h1-2,6,8-9,14H,3-5,7,10-13H2,(H,21,23)/t14-/m0/s1. The molecular formula is C19H23N3O3. The third-order valence-electron chi connectivity index (χ3n) is 5.03. The van der Waals surface area contributed by atoms with Gasteiger partial charge >= 0.3 is 0 Å². The molecule has 0 spiro atoms. The molecule has 2 aromatic rings. The number of nitrogens with zero attached hydrogens (tertiary/aromatic N) is 2. The molecule has 0 aromatic carbocycles. The van der Waals surface area contributed by atoms with Crippen molar-refractivity contribution < 1.29 is 13.9 Å². The van der Waals surface area contributed by atoms with Crippen molar-refractivity contribution in [2.45, 2.75) is 25.9 Å². The Bertz CT molecular complexity index is 724. The molecule has 2 aromatic heterocycles. The van der Waals surface area contributed by atoms with Gasteiger partial charge in [0.15, 0.2) is 5.76 Å². The number of pyridine rings is 1. The molecule has 6 heteroatoms. The van der Waals surface area contributed by atoms with Gasteiger partial charge in [-0.1, -0.05) is 0 Å². The number of fused-ring (bicyclic) bond motifs is 1. The number of aromatic nitrogens is 1. The van der Waals surface area contributed by atoms with E-state index in [1.54, 1.807) is 12.1 Å². The molecule has 0 saturated carbocycles. The summed E-state index contributed by atoms with van der Waals surface area (Å²) < 4.78 is 10.6. The fourth-order valence-corrected chi connectivity index (χ4v) is 3.70. The van der Waals surface area contributed by atoms with Gasteiger partial charge in [-0.15, -0.1) is 0 Å². The van der Waals surface area contributed by atoms with Crippen LogP contribution in [0.4, 0.5) is 0 Å². The molecule has 0 bridgehead atoms. The third-order valence-corrected chi connectivity index (χ3v) is 5.03. The van der Waals surface area contributed by atoms with E-state index in [2.05, 4.69) is 15.2 Å². The average Bonchev–Trinajstić information content (AvgIpc) is 3.33. The zero-order chi connectivity index (χ0) is 17.1. The van der Waals surface area contributed by atoms with Crippen LogP contribution < -0.4 is 5.32 Å². The van der Waals surface area contributed by atoms with Crippen molar-refractivity contribution >= 4 is 5.91 Å². The fourth-order valence-electron chi connectivity index (χ4n) is 3.70. The summed E-state index contributed by atoms with van der Waals surface area (Å²) in [7, 11) is 0. The largest absolute Gasteiger partial charge is 0.459 e. The maximum atomic E-state index is 12.0. The van der Waals surface area contributed by atoms with Crippen molar-refractivity contribution in [1.82, 2.24) is 15.2 Å². The van der Waals surface area contributed by atoms with Crippen LogP contribution in [0.25, 0.3) is 0 Å². The number of rotatable bonds is 5. The summed E-state index contributed by atoms with van der Waals surface area (Å²) in [6.07, 6.45) is 7.49. The molecule has 1 atom stereocenters. The molecule has 0 aliphatic carbocycles. The molecule has 4 heterocycles. The predicted octanol–water partition coefficient (Wildman–Crippen LogP) is 2.00. The maximum absolute atomic E-state index is 12.0. The molecule has 2 aliphatic heterocycles. The number of furan rings is 1. The second kappa shape index (κ2) is 7.37. The van der Waals surface area contributed by atoms with Crippen LogP contribution in [0.1, 0.15) is 33.7 Å². The highest BCUT2D eigenvalue weighted by Gasteiger charge is 2.24. The van der Waals surface area contributed by atoms with Crippen LogP contribution in [0.2, 0.25) is 0 Å². The summed E-state index contributed by atoms with van der Waals surface area (Å²) in [5.41, 5.74) is 3.70. The minimum Gasteiger partial charge on any atom is -0.459 e. The Kier molecular flexibility index (Phi) is 4.81. The smallest absolute Gasteiger partial charge is 0.287 e. The van der Waals surface area contributed by atoms with Gasteiger partial charge in [0.25, 0.3) is 5.91 Å². The number of ether oxygens (including phenoxy) is 1. The Labute approximate surface area is 147 Å². The lowest BCUT2D eigenvalue weighted by Crippen LogP contribution is -2.35. The second-order valence-electron chi connectivity index (χ2n) is 6.81. The van der Waals surface area contributed by atoms with Crippen LogP contribution >= 0.6 is 0 Å². The number of carbonyl (C=O) groups is 1. The fraction of sp³-hybridized carbons (Fsp3) is 0.474. The topological polar surface area (TPSA) is 67.6 Å². The molecule has 4 rings (SSSR count). The maximum Gasteiger partial charge on any atom is 0.287 e. The van der Waals surface area contributed by atoms with Gasteiger partial charge in [-0.3, -0.25) is 14.7 Å². The molecule has 2 aliphatic rings. The molecule has 132 valence electrons. The van der Waals surface area contributed by atoms with Crippen molar-refractivity contribution in [3.63, 3.8) is 0 Å². The summed E-state index contributed by atoms with van der Waals surface area (Å²) in [6, 6.07) is 3.38. The van der Waals surface area contributed by atoms with Crippen LogP contribution in [0.3, 0.4) is 0 Å². The summed E-state index contributed by atoms with van der Waals surface area (Å²) in [5.74, 6) is 0.800. The van der Waals surface area contributed by atoms with Gasteiger partial charge in [-0.2, -0.15) is 0 Å². The summed E-state index contributed by atoms with van der Waals surface area (Å²) >= 11 is 0. The van der Waals surface area contributed by atoms with Crippen molar-refractivity contribution in [3.8, 4) is 0 Å². The van der Waals surface area contributed by atoms with Crippen LogP contribution in [-0.2, 0) is 24.2 Å². The van der Waals surface area contributed by atoms with Crippen LogP contribution in [0.15, 0.2) is 35.2 Å². The van der Waals surface area contributed by atoms with E-state index >= 15 is 0 Å². The summed E-state index contributed by atoms with van der Waals surface area (Å²) in [5, 5.41) is 2.92. The Balaban J connectivity index is 1.39. The van der Waals surface area contributed by atoms with Gasteiger partial charge in [-0.25, -0.2) is 0 Å². The van der Waals surface area contributed by atoms with E-state index in [-0.39, 0.29) is 5.91 Å². The Morgan fingerprint density at radius 3 is 3.16 bits per heavy atom. The zero-order valence-electron chi connectivity index (χ0n) is 14.2. The van der Waals surface area contributed by atoms with E-state index in [0.717, 1.165) is 44.8 Å². The highest BCUT2D eigenvalue weighted by Crippen LogP contribution is 2.24.